The average molecular weight is 267 g/mol. The van der Waals surface area contributed by atoms with E-state index in [1.54, 1.807) is 0 Å². The average Bonchev–Trinajstić information content (AvgIpc) is 2.65. The summed E-state index contributed by atoms with van der Waals surface area (Å²) in [6.07, 6.45) is 3.69. The van der Waals surface area contributed by atoms with Gasteiger partial charge in [0.25, 0.3) is 0 Å². The number of carbonyl (C=O) groups excluding carboxylic acids is 1. The van der Waals surface area contributed by atoms with Crippen LogP contribution in [0.25, 0.3) is 0 Å². The van der Waals surface area contributed by atoms with Crippen LogP contribution < -0.4 is 5.32 Å². The minimum absolute atomic E-state index is 0.161. The Hall–Kier alpha value is -0.770. The van der Waals surface area contributed by atoms with Gasteiger partial charge in [-0.2, -0.15) is 0 Å². The van der Waals surface area contributed by atoms with Crippen LogP contribution in [0.4, 0.5) is 4.79 Å². The Morgan fingerprint density at radius 3 is 2.42 bits per heavy atom. The number of nitrogens with one attached hydrogen (secondary N) is 1. The van der Waals surface area contributed by atoms with Crippen molar-refractivity contribution in [3.8, 4) is 0 Å². The van der Waals surface area contributed by atoms with E-state index in [-0.39, 0.29) is 11.4 Å². The summed E-state index contributed by atoms with van der Waals surface area (Å²) >= 11 is 0. The van der Waals surface area contributed by atoms with Crippen LogP contribution in [0.2, 0.25) is 0 Å². The number of likely N-dealkylation sites (N-methyl/N-ethyl adjacent to an activating group) is 1. The molecule has 0 bridgehead atoms. The van der Waals surface area contributed by atoms with E-state index in [0.29, 0.717) is 6.04 Å². The zero-order valence-electron chi connectivity index (χ0n) is 12.9. The number of nitrogens with zero attached hydrogens (tertiary/aromatic N) is 2. The van der Waals surface area contributed by atoms with Crippen LogP contribution in [0.5, 0.6) is 0 Å². The third-order valence-electron chi connectivity index (χ3n) is 4.70. The summed E-state index contributed by atoms with van der Waals surface area (Å²) in [5.41, 5.74) is 0.161. The molecule has 0 aliphatic carbocycles. The maximum Gasteiger partial charge on any atom is 0.320 e. The molecular formula is C15H29N3O. The second kappa shape index (κ2) is 5.70. The van der Waals surface area contributed by atoms with Crippen LogP contribution in [0.15, 0.2) is 0 Å². The second-order valence-electron chi connectivity index (χ2n) is 7.20. The van der Waals surface area contributed by atoms with E-state index in [9.17, 15) is 4.79 Å². The topological polar surface area (TPSA) is 35.6 Å². The highest BCUT2D eigenvalue weighted by Crippen LogP contribution is 2.30. The van der Waals surface area contributed by atoms with Gasteiger partial charge in [0, 0.05) is 20.1 Å². The van der Waals surface area contributed by atoms with Crippen molar-refractivity contribution in [3.05, 3.63) is 0 Å². The molecule has 2 heterocycles. The standard InChI is InChI=1S/C15H29N3O/c1-15(2,3)13-11-18(14(19)17(13)4)10-7-12-5-8-16-9-6-12/h12-13,16H,5-11H2,1-4H3. The number of amides is 2. The van der Waals surface area contributed by atoms with E-state index in [1.807, 2.05) is 11.9 Å². The van der Waals surface area contributed by atoms with Crippen molar-refractivity contribution in [3.63, 3.8) is 0 Å². The molecule has 110 valence electrons. The Morgan fingerprint density at radius 2 is 1.89 bits per heavy atom. The Bertz CT molecular complexity index is 318. The predicted octanol–water partition coefficient (Wildman–Crippen LogP) is 2.16. The molecule has 19 heavy (non-hydrogen) atoms. The van der Waals surface area contributed by atoms with Gasteiger partial charge >= 0.3 is 6.03 Å². The van der Waals surface area contributed by atoms with Crippen molar-refractivity contribution in [2.75, 3.05) is 33.2 Å². The Kier molecular flexibility index (Phi) is 4.39. The molecular weight excluding hydrogens is 238 g/mol. The van der Waals surface area contributed by atoms with Gasteiger partial charge in [0.05, 0.1) is 6.04 Å². The molecule has 0 aromatic carbocycles. The van der Waals surface area contributed by atoms with E-state index in [1.165, 1.54) is 12.8 Å². The number of piperidine rings is 1. The van der Waals surface area contributed by atoms with Crippen LogP contribution in [-0.2, 0) is 0 Å². The first kappa shape index (κ1) is 14.6. The van der Waals surface area contributed by atoms with Crippen LogP contribution in [0.1, 0.15) is 40.0 Å². The van der Waals surface area contributed by atoms with Crippen LogP contribution in [-0.4, -0.2) is 55.1 Å². The van der Waals surface area contributed by atoms with Gasteiger partial charge in [0.15, 0.2) is 0 Å². The van der Waals surface area contributed by atoms with Crippen LogP contribution in [0.3, 0.4) is 0 Å². The number of urea groups is 1. The maximum atomic E-state index is 12.3. The van der Waals surface area contributed by atoms with Crippen LogP contribution >= 0.6 is 0 Å². The Morgan fingerprint density at radius 1 is 1.26 bits per heavy atom. The fourth-order valence-corrected chi connectivity index (χ4v) is 3.32. The van der Waals surface area contributed by atoms with Gasteiger partial charge < -0.3 is 15.1 Å². The van der Waals surface area contributed by atoms with Gasteiger partial charge in [-0.15, -0.1) is 0 Å². The summed E-state index contributed by atoms with van der Waals surface area (Å²) in [6.45, 7) is 10.8. The lowest BCUT2D eigenvalue weighted by molar-refractivity contribution is 0.172. The molecule has 0 radical (unpaired) electrons. The van der Waals surface area contributed by atoms with Crippen molar-refractivity contribution in [1.29, 1.82) is 0 Å². The van der Waals surface area contributed by atoms with Gasteiger partial charge in [-0.25, -0.2) is 4.79 Å². The quantitative estimate of drug-likeness (QED) is 0.850. The third-order valence-corrected chi connectivity index (χ3v) is 4.70. The molecule has 0 aromatic heterocycles. The van der Waals surface area contributed by atoms with E-state index in [2.05, 4.69) is 31.0 Å². The lowest BCUT2D eigenvalue weighted by atomic mass is 9.86. The first-order valence-corrected chi connectivity index (χ1v) is 7.62. The summed E-state index contributed by atoms with van der Waals surface area (Å²) in [6, 6.07) is 0.557. The number of hydrogen-bond acceptors (Lipinski definition) is 2. The van der Waals surface area contributed by atoms with E-state index < -0.39 is 0 Å². The second-order valence-corrected chi connectivity index (χ2v) is 7.20. The van der Waals surface area contributed by atoms with Gasteiger partial charge in [-0.3, -0.25) is 0 Å². The molecule has 1 unspecified atom stereocenters. The molecule has 2 amide bonds. The van der Waals surface area contributed by atoms with Crippen LogP contribution in [0, 0.1) is 11.3 Å². The van der Waals surface area contributed by atoms with Crippen molar-refractivity contribution in [1.82, 2.24) is 15.1 Å². The maximum absolute atomic E-state index is 12.3. The first-order valence-electron chi connectivity index (χ1n) is 7.62. The summed E-state index contributed by atoms with van der Waals surface area (Å²) in [4.78, 5) is 16.3. The third kappa shape index (κ3) is 3.41. The molecule has 4 nitrogen and oxygen atoms in total. The molecule has 0 spiro atoms. The number of rotatable bonds is 3. The van der Waals surface area contributed by atoms with E-state index >= 15 is 0 Å². The molecule has 2 aliphatic rings. The van der Waals surface area contributed by atoms with Crippen molar-refractivity contribution in [2.24, 2.45) is 11.3 Å². The summed E-state index contributed by atoms with van der Waals surface area (Å²) in [5, 5.41) is 3.40. The fourth-order valence-electron chi connectivity index (χ4n) is 3.32. The SMILES string of the molecule is CN1C(=O)N(CCC2CCNCC2)CC1C(C)(C)C. The van der Waals surface area contributed by atoms with Gasteiger partial charge in [0.2, 0.25) is 0 Å². The summed E-state index contributed by atoms with van der Waals surface area (Å²) in [7, 11) is 1.95. The molecule has 2 saturated heterocycles. The van der Waals surface area contributed by atoms with Crippen molar-refractivity contribution >= 4 is 6.03 Å². The molecule has 2 fully saturated rings. The van der Waals surface area contributed by atoms with Gasteiger partial charge in [-0.05, 0) is 43.7 Å². The molecule has 0 aromatic rings. The highest BCUT2D eigenvalue weighted by atomic mass is 16.2. The van der Waals surface area contributed by atoms with E-state index in [0.717, 1.165) is 38.5 Å². The highest BCUT2D eigenvalue weighted by molar-refractivity contribution is 5.77. The van der Waals surface area contributed by atoms with Crippen molar-refractivity contribution < 1.29 is 4.79 Å². The Labute approximate surface area is 117 Å². The first-order chi connectivity index (χ1) is 8.89. The lowest BCUT2D eigenvalue weighted by Crippen LogP contribution is -2.39. The summed E-state index contributed by atoms with van der Waals surface area (Å²) < 4.78 is 0. The molecule has 1 N–H and O–H groups in total. The summed E-state index contributed by atoms with van der Waals surface area (Å²) in [5.74, 6) is 0.799. The number of carbonyl (C=O) groups is 1. The number of hydrogen-bond donors (Lipinski definition) is 1. The lowest BCUT2D eigenvalue weighted by Gasteiger charge is -2.31. The fraction of sp³-hybridized carbons (Fsp3) is 0.933. The molecule has 2 rings (SSSR count). The smallest absolute Gasteiger partial charge is 0.320 e. The van der Waals surface area contributed by atoms with E-state index in [4.69, 9.17) is 0 Å². The minimum atomic E-state index is 0.161. The zero-order valence-corrected chi connectivity index (χ0v) is 12.9. The molecule has 4 heteroatoms. The molecule has 2 aliphatic heterocycles. The molecule has 1 atom stereocenters. The molecule has 0 saturated carbocycles. The highest BCUT2D eigenvalue weighted by Gasteiger charge is 2.40. The normalized spacial score (nSPS) is 26.3. The Balaban J connectivity index is 1.85. The minimum Gasteiger partial charge on any atom is -0.323 e. The largest absolute Gasteiger partial charge is 0.323 e. The van der Waals surface area contributed by atoms with Gasteiger partial charge in [0.1, 0.15) is 0 Å². The predicted molar refractivity (Wildman–Crippen MR) is 78.2 cm³/mol. The zero-order chi connectivity index (χ0) is 14.0. The monoisotopic (exact) mass is 267 g/mol. The van der Waals surface area contributed by atoms with Gasteiger partial charge in [-0.1, -0.05) is 20.8 Å². The van der Waals surface area contributed by atoms with Crippen molar-refractivity contribution in [2.45, 2.75) is 46.1 Å².